The lowest BCUT2D eigenvalue weighted by Gasteiger charge is -2.27. The Balaban J connectivity index is 1.29. The lowest BCUT2D eigenvalue weighted by atomic mass is 10.0. The van der Waals surface area contributed by atoms with Gasteiger partial charge in [0.1, 0.15) is 41.1 Å². The van der Waals surface area contributed by atoms with E-state index >= 15 is 8.78 Å². The number of ether oxygens (including phenoxy) is 2. The van der Waals surface area contributed by atoms with Crippen molar-refractivity contribution >= 4 is 22.9 Å². The number of halogens is 5. The van der Waals surface area contributed by atoms with Crippen LogP contribution in [0.25, 0.3) is 22.3 Å². The number of carboxylic acid groups (broad SMARTS) is 1. The second kappa shape index (κ2) is 12.2. The molecule has 1 aliphatic rings. The number of pyridine rings is 2. The molecule has 5 aromatic rings. The molecule has 6 rings (SSSR count). The largest absolute Gasteiger partial charge is 0.478 e. The maximum absolute atomic E-state index is 15.5. The van der Waals surface area contributed by atoms with E-state index in [9.17, 15) is 27.9 Å². The van der Waals surface area contributed by atoms with Crippen molar-refractivity contribution in [1.82, 2.24) is 19.5 Å². The molecule has 15 heteroatoms. The number of amides is 1. The smallest absolute Gasteiger partial charge is 0.335 e. The maximum atomic E-state index is 15.5. The molecule has 10 nitrogen and oxygen atoms in total. The molecule has 4 heterocycles. The Morgan fingerprint density at radius 3 is 2.39 bits per heavy atom. The molecular weight excluding hydrogens is 617 g/mol. The van der Waals surface area contributed by atoms with Crippen LogP contribution in [0.3, 0.4) is 0 Å². The number of hydrogen-bond donors (Lipinski definition) is 2. The summed E-state index contributed by atoms with van der Waals surface area (Å²) < 4.78 is 86.8. The number of hydrogen-bond acceptors (Lipinski definition) is 7. The van der Waals surface area contributed by atoms with Gasteiger partial charge in [-0.05, 0) is 48.4 Å². The number of primary amides is 1. The normalized spacial score (nSPS) is 14.3. The number of nitrogens with zero attached hydrogens (tertiary/aromatic N) is 4. The second-order valence-corrected chi connectivity index (χ2v) is 10.4. The minimum absolute atomic E-state index is 0.126. The molecule has 46 heavy (non-hydrogen) atoms. The zero-order valence-corrected chi connectivity index (χ0v) is 23.6. The molecule has 1 unspecified atom stereocenters. The van der Waals surface area contributed by atoms with E-state index in [1.807, 2.05) is 0 Å². The fourth-order valence-electron chi connectivity index (χ4n) is 4.93. The molecule has 0 aliphatic carbocycles. The van der Waals surface area contributed by atoms with Crippen LogP contribution >= 0.6 is 0 Å². The third-order valence-electron chi connectivity index (χ3n) is 7.43. The molecule has 1 atom stereocenters. The molecule has 0 saturated carbocycles. The molecule has 1 aliphatic heterocycles. The van der Waals surface area contributed by atoms with Crippen LogP contribution in [0.15, 0.2) is 48.7 Å². The first-order chi connectivity index (χ1) is 22.0. The van der Waals surface area contributed by atoms with E-state index in [1.165, 1.54) is 10.6 Å². The Kier molecular flexibility index (Phi) is 8.08. The Hall–Kier alpha value is -5.44. The van der Waals surface area contributed by atoms with E-state index in [4.69, 9.17) is 15.2 Å². The summed E-state index contributed by atoms with van der Waals surface area (Å²) in [6, 6.07) is 6.66. The highest BCUT2D eigenvalue weighted by atomic mass is 19.1. The summed E-state index contributed by atoms with van der Waals surface area (Å²) in [6.45, 7) is 0.154. The van der Waals surface area contributed by atoms with Gasteiger partial charge in [-0.15, -0.1) is 0 Å². The number of rotatable bonds is 10. The summed E-state index contributed by atoms with van der Waals surface area (Å²) in [4.78, 5) is 34.6. The summed E-state index contributed by atoms with van der Waals surface area (Å²) >= 11 is 0. The van der Waals surface area contributed by atoms with E-state index in [-0.39, 0.29) is 69.6 Å². The van der Waals surface area contributed by atoms with E-state index in [0.717, 1.165) is 42.6 Å². The zero-order valence-electron chi connectivity index (χ0n) is 23.6. The van der Waals surface area contributed by atoms with Crippen LogP contribution in [0.1, 0.15) is 44.2 Å². The molecule has 1 saturated heterocycles. The highest BCUT2D eigenvalue weighted by Crippen LogP contribution is 2.30. The average molecular weight is 640 g/mol. The molecular formula is C31H22F5N5O5. The quantitative estimate of drug-likeness (QED) is 0.205. The molecule has 3 N–H and O–H groups in total. The number of carbonyl (C=O) groups excluding carboxylic acids is 1. The van der Waals surface area contributed by atoms with Crippen LogP contribution in [0.2, 0.25) is 0 Å². The first kappa shape index (κ1) is 30.6. The van der Waals surface area contributed by atoms with Crippen LogP contribution in [0.4, 0.5) is 22.0 Å². The van der Waals surface area contributed by atoms with E-state index in [0.29, 0.717) is 13.0 Å². The number of benzene rings is 2. The van der Waals surface area contributed by atoms with Gasteiger partial charge < -0.3 is 24.9 Å². The molecule has 1 amide bonds. The van der Waals surface area contributed by atoms with Crippen LogP contribution in [-0.2, 0) is 24.3 Å². The van der Waals surface area contributed by atoms with Crippen LogP contribution in [-0.4, -0.2) is 49.2 Å². The fourth-order valence-corrected chi connectivity index (χ4v) is 4.93. The SMILES string of the molecule is NC(=O)c1cc(F)c(COc2nc(-c3cc(F)c(Cc4nc5c(F)cc(C(=O)O)cc5n4CC4CCO4)cc3F)ccc2F)cn1. The third-order valence-corrected chi connectivity index (χ3v) is 7.43. The third kappa shape index (κ3) is 5.96. The summed E-state index contributed by atoms with van der Waals surface area (Å²) in [7, 11) is 0. The maximum Gasteiger partial charge on any atom is 0.335 e. The topological polar surface area (TPSA) is 142 Å². The van der Waals surface area contributed by atoms with Crippen molar-refractivity contribution in [1.29, 1.82) is 0 Å². The van der Waals surface area contributed by atoms with Gasteiger partial charge in [0, 0.05) is 36.4 Å². The number of aromatic nitrogens is 4. The van der Waals surface area contributed by atoms with Gasteiger partial charge in [-0.2, -0.15) is 0 Å². The number of aromatic carboxylic acids is 1. The minimum atomic E-state index is -1.34. The molecule has 0 spiro atoms. The molecule has 2 aromatic carbocycles. The Bertz CT molecular complexity index is 2030. The fraction of sp³-hybridized carbons (Fsp3) is 0.194. The minimum Gasteiger partial charge on any atom is -0.478 e. The molecule has 0 radical (unpaired) electrons. The van der Waals surface area contributed by atoms with Gasteiger partial charge in [-0.25, -0.2) is 36.7 Å². The van der Waals surface area contributed by atoms with Gasteiger partial charge in [0.05, 0.1) is 29.4 Å². The highest BCUT2D eigenvalue weighted by molar-refractivity contribution is 5.93. The first-order valence-corrected chi connectivity index (χ1v) is 13.7. The van der Waals surface area contributed by atoms with Crippen molar-refractivity contribution in [3.05, 3.63) is 106 Å². The zero-order chi connectivity index (χ0) is 32.7. The van der Waals surface area contributed by atoms with Gasteiger partial charge in [-0.1, -0.05) is 0 Å². The van der Waals surface area contributed by atoms with Crippen LogP contribution in [0, 0.1) is 29.1 Å². The van der Waals surface area contributed by atoms with Crippen molar-refractivity contribution in [3.63, 3.8) is 0 Å². The highest BCUT2D eigenvalue weighted by Gasteiger charge is 2.25. The van der Waals surface area contributed by atoms with Crippen LogP contribution in [0.5, 0.6) is 5.88 Å². The van der Waals surface area contributed by atoms with Crippen molar-refractivity contribution in [2.75, 3.05) is 6.61 Å². The first-order valence-electron chi connectivity index (χ1n) is 13.7. The summed E-state index contributed by atoms with van der Waals surface area (Å²) in [5, 5.41) is 9.40. The van der Waals surface area contributed by atoms with E-state index in [2.05, 4.69) is 15.0 Å². The van der Waals surface area contributed by atoms with Crippen molar-refractivity contribution in [2.24, 2.45) is 5.73 Å². The summed E-state index contributed by atoms with van der Waals surface area (Å²) in [5.74, 6) is -7.30. The monoisotopic (exact) mass is 639 g/mol. The molecule has 236 valence electrons. The Labute approximate surface area is 256 Å². The van der Waals surface area contributed by atoms with Gasteiger partial charge in [0.25, 0.3) is 11.8 Å². The molecule has 0 bridgehead atoms. The Morgan fingerprint density at radius 1 is 0.957 bits per heavy atom. The van der Waals surface area contributed by atoms with Gasteiger partial charge in [0.2, 0.25) is 0 Å². The predicted octanol–water partition coefficient (Wildman–Crippen LogP) is 4.94. The number of imidazole rings is 1. The predicted molar refractivity (Wildman–Crippen MR) is 150 cm³/mol. The van der Waals surface area contributed by atoms with Crippen molar-refractivity contribution in [3.8, 4) is 17.1 Å². The summed E-state index contributed by atoms with van der Waals surface area (Å²) in [5.41, 5.74) is 3.67. The lowest BCUT2D eigenvalue weighted by Crippen LogP contribution is -2.31. The van der Waals surface area contributed by atoms with E-state index < -0.39 is 53.4 Å². The van der Waals surface area contributed by atoms with Crippen LogP contribution < -0.4 is 10.5 Å². The van der Waals surface area contributed by atoms with Gasteiger partial charge in [-0.3, -0.25) is 9.78 Å². The standard InChI is InChI=1S/C31H22F5N5O5/c32-19-1-2-24(39-30(19)46-13-16-11-38-25(29(37)42)10-21(16)34)18-9-20(33)14(5-22(18)35)8-27-40-28-23(36)6-15(31(43)44)7-26(28)41(27)12-17-3-4-45-17/h1-2,5-7,9-11,17H,3-4,8,12-13H2,(H2,37,42)(H,43,44). The van der Waals surface area contributed by atoms with Crippen molar-refractivity contribution < 1.29 is 46.1 Å². The van der Waals surface area contributed by atoms with Crippen molar-refractivity contribution in [2.45, 2.75) is 32.1 Å². The van der Waals surface area contributed by atoms with Gasteiger partial charge in [0.15, 0.2) is 11.6 Å². The number of carboxylic acids is 1. The van der Waals surface area contributed by atoms with E-state index in [1.54, 1.807) is 0 Å². The second-order valence-electron chi connectivity index (χ2n) is 10.4. The van der Waals surface area contributed by atoms with Gasteiger partial charge >= 0.3 is 5.97 Å². The molecule has 3 aromatic heterocycles. The number of carbonyl (C=O) groups is 2. The number of nitrogens with two attached hydrogens (primary N) is 1. The average Bonchev–Trinajstić information content (AvgIpc) is 3.33. The summed E-state index contributed by atoms with van der Waals surface area (Å²) in [6.07, 6.45) is 1.14. The number of fused-ring (bicyclic) bond motifs is 1. The lowest BCUT2D eigenvalue weighted by molar-refractivity contribution is -0.0589. The Morgan fingerprint density at radius 2 is 1.72 bits per heavy atom. The molecule has 1 fully saturated rings.